The van der Waals surface area contributed by atoms with E-state index >= 15 is 0 Å². The Balaban J connectivity index is 0.00000220. The van der Waals surface area contributed by atoms with Crippen LogP contribution >= 0.6 is 36.2 Å². The number of thiazole rings is 1. The largest absolute Gasteiger partial charge is 0.336 e. The Kier molecular flexibility index (Phi) is 10.0. The predicted octanol–water partition coefficient (Wildman–Crippen LogP) is 2.94. The molecule has 2 N–H and O–H groups in total. The average Bonchev–Trinajstić information content (AvgIpc) is 2.90. The Morgan fingerprint density at radius 3 is 2.45 bits per heavy atom. The fourth-order valence-electron chi connectivity index (χ4n) is 2.03. The van der Waals surface area contributed by atoms with Gasteiger partial charge in [-0.1, -0.05) is 30.3 Å². The Bertz CT molecular complexity index is 563. The molecule has 0 aliphatic rings. The lowest BCUT2D eigenvalue weighted by Crippen LogP contribution is -2.36. The maximum absolute atomic E-state index is 12.5. The summed E-state index contributed by atoms with van der Waals surface area (Å²) in [7, 11) is 0. The smallest absolute Gasteiger partial charge is 0.265 e. The lowest BCUT2D eigenvalue weighted by molar-refractivity contribution is 0.0766. The van der Waals surface area contributed by atoms with E-state index in [9.17, 15) is 4.79 Å². The molecule has 2 rings (SSSR count). The van der Waals surface area contributed by atoms with Crippen LogP contribution in [0.2, 0.25) is 0 Å². The number of carbonyl (C=O) groups excluding carboxylic acids is 1. The van der Waals surface area contributed by atoms with E-state index in [2.05, 4.69) is 17.1 Å². The van der Waals surface area contributed by atoms with E-state index < -0.39 is 0 Å². The summed E-state index contributed by atoms with van der Waals surface area (Å²) in [5, 5.41) is 0. The third-order valence-corrected chi connectivity index (χ3v) is 4.06. The minimum absolute atomic E-state index is 0. The Hall–Kier alpha value is -1.14. The van der Waals surface area contributed by atoms with Crippen molar-refractivity contribution in [3.63, 3.8) is 0 Å². The van der Waals surface area contributed by atoms with E-state index in [0.717, 1.165) is 12.1 Å². The summed E-state index contributed by atoms with van der Waals surface area (Å²) in [4.78, 5) is 19.1. The topological polar surface area (TPSA) is 59.2 Å². The van der Waals surface area contributed by atoms with Crippen molar-refractivity contribution in [2.45, 2.75) is 13.3 Å². The number of nitrogens with zero attached hydrogens (tertiary/aromatic N) is 2. The SMILES string of the molecule is Cc1ncsc1C(=O)N(CCN)CCc1ccccc1.Cl.Cl. The number of hydrogen-bond donors (Lipinski definition) is 1. The zero-order valence-corrected chi connectivity index (χ0v) is 14.8. The first-order valence-electron chi connectivity index (χ1n) is 6.65. The highest BCUT2D eigenvalue weighted by atomic mass is 35.5. The van der Waals surface area contributed by atoms with Crippen LogP contribution in [0.25, 0.3) is 0 Å². The fourth-order valence-corrected chi connectivity index (χ4v) is 2.80. The summed E-state index contributed by atoms with van der Waals surface area (Å²) in [5.41, 5.74) is 9.35. The number of hydrogen-bond acceptors (Lipinski definition) is 4. The molecule has 0 aliphatic carbocycles. The molecule has 122 valence electrons. The summed E-state index contributed by atoms with van der Waals surface area (Å²) in [5.74, 6) is 0.0337. The van der Waals surface area contributed by atoms with Gasteiger partial charge in [0.1, 0.15) is 4.88 Å². The van der Waals surface area contributed by atoms with E-state index in [1.807, 2.05) is 30.0 Å². The number of benzene rings is 1. The van der Waals surface area contributed by atoms with Gasteiger partial charge < -0.3 is 10.6 Å². The van der Waals surface area contributed by atoms with Gasteiger partial charge >= 0.3 is 0 Å². The van der Waals surface area contributed by atoms with Crippen LogP contribution in [0.4, 0.5) is 0 Å². The lowest BCUT2D eigenvalue weighted by atomic mass is 10.1. The summed E-state index contributed by atoms with van der Waals surface area (Å²) >= 11 is 1.39. The summed E-state index contributed by atoms with van der Waals surface area (Å²) in [6.45, 7) is 3.58. The van der Waals surface area contributed by atoms with Crippen LogP contribution in [-0.2, 0) is 6.42 Å². The standard InChI is InChI=1S/C15H19N3OS.2ClH/c1-12-14(20-11-17-12)15(19)18(10-8-16)9-7-13-5-3-2-4-6-13;;/h2-6,11H,7-10,16H2,1H3;2*1H. The number of rotatable bonds is 6. The van der Waals surface area contributed by atoms with E-state index in [1.54, 1.807) is 5.51 Å². The monoisotopic (exact) mass is 361 g/mol. The van der Waals surface area contributed by atoms with E-state index in [4.69, 9.17) is 5.73 Å². The molecule has 1 aromatic carbocycles. The van der Waals surface area contributed by atoms with Gasteiger partial charge in [0.2, 0.25) is 0 Å². The van der Waals surface area contributed by atoms with Gasteiger partial charge in [0, 0.05) is 19.6 Å². The number of aryl methyl sites for hydroxylation is 1. The molecule has 4 nitrogen and oxygen atoms in total. The van der Waals surface area contributed by atoms with Gasteiger partial charge in [0.15, 0.2) is 0 Å². The second-order valence-corrected chi connectivity index (χ2v) is 5.44. The van der Waals surface area contributed by atoms with Crippen molar-refractivity contribution in [3.05, 3.63) is 52.0 Å². The lowest BCUT2D eigenvalue weighted by Gasteiger charge is -2.21. The number of aromatic nitrogens is 1. The minimum atomic E-state index is 0. The van der Waals surface area contributed by atoms with Crippen LogP contribution in [0.1, 0.15) is 20.9 Å². The van der Waals surface area contributed by atoms with Crippen LogP contribution in [0, 0.1) is 6.92 Å². The van der Waals surface area contributed by atoms with Crippen LogP contribution < -0.4 is 5.73 Å². The summed E-state index contributed by atoms with van der Waals surface area (Å²) < 4.78 is 0. The zero-order valence-electron chi connectivity index (χ0n) is 12.4. The van der Waals surface area contributed by atoms with Crippen molar-refractivity contribution in [3.8, 4) is 0 Å². The molecule has 0 radical (unpaired) electrons. The molecular formula is C15H21Cl2N3OS. The van der Waals surface area contributed by atoms with Crippen LogP contribution in [0.15, 0.2) is 35.8 Å². The van der Waals surface area contributed by atoms with Crippen molar-refractivity contribution in [1.29, 1.82) is 0 Å². The highest BCUT2D eigenvalue weighted by Crippen LogP contribution is 2.15. The van der Waals surface area contributed by atoms with Crippen molar-refractivity contribution in [1.82, 2.24) is 9.88 Å². The molecule has 1 heterocycles. The van der Waals surface area contributed by atoms with Crippen molar-refractivity contribution >= 4 is 42.1 Å². The molecule has 7 heteroatoms. The van der Waals surface area contributed by atoms with Gasteiger partial charge in [0.25, 0.3) is 5.91 Å². The molecule has 1 amide bonds. The Morgan fingerprint density at radius 1 is 1.23 bits per heavy atom. The zero-order chi connectivity index (χ0) is 14.4. The normalized spacial score (nSPS) is 9.55. The maximum Gasteiger partial charge on any atom is 0.265 e. The number of amides is 1. The van der Waals surface area contributed by atoms with E-state index in [0.29, 0.717) is 24.5 Å². The number of carbonyl (C=O) groups is 1. The summed E-state index contributed by atoms with van der Waals surface area (Å²) in [6.07, 6.45) is 0.838. The first kappa shape index (κ1) is 20.9. The van der Waals surface area contributed by atoms with Crippen LogP contribution in [0.3, 0.4) is 0 Å². The third kappa shape index (κ3) is 5.57. The highest BCUT2D eigenvalue weighted by Gasteiger charge is 2.18. The van der Waals surface area contributed by atoms with Gasteiger partial charge in [0.05, 0.1) is 11.2 Å². The van der Waals surface area contributed by atoms with Gasteiger partial charge in [-0.2, -0.15) is 0 Å². The third-order valence-electron chi connectivity index (χ3n) is 3.14. The molecule has 0 spiro atoms. The predicted molar refractivity (Wildman–Crippen MR) is 96.5 cm³/mol. The van der Waals surface area contributed by atoms with Crippen LogP contribution in [0.5, 0.6) is 0 Å². The molecule has 1 aromatic heterocycles. The van der Waals surface area contributed by atoms with Gasteiger partial charge in [-0.3, -0.25) is 4.79 Å². The Morgan fingerprint density at radius 2 is 1.91 bits per heavy atom. The van der Waals surface area contributed by atoms with Gasteiger partial charge in [-0.15, -0.1) is 36.2 Å². The van der Waals surface area contributed by atoms with Gasteiger partial charge in [-0.25, -0.2) is 4.98 Å². The van der Waals surface area contributed by atoms with Crippen molar-refractivity contribution in [2.75, 3.05) is 19.6 Å². The minimum Gasteiger partial charge on any atom is -0.336 e. The fraction of sp³-hybridized carbons (Fsp3) is 0.333. The maximum atomic E-state index is 12.5. The molecule has 0 fully saturated rings. The molecule has 22 heavy (non-hydrogen) atoms. The molecule has 2 aromatic rings. The molecule has 0 bridgehead atoms. The second kappa shape index (κ2) is 10.6. The average molecular weight is 362 g/mol. The molecule has 0 atom stereocenters. The highest BCUT2D eigenvalue weighted by molar-refractivity contribution is 7.11. The van der Waals surface area contributed by atoms with E-state index in [1.165, 1.54) is 16.9 Å². The number of nitrogens with two attached hydrogens (primary N) is 1. The molecule has 0 aliphatic heterocycles. The first-order chi connectivity index (χ1) is 9.72. The second-order valence-electron chi connectivity index (χ2n) is 4.58. The quantitative estimate of drug-likeness (QED) is 0.860. The van der Waals surface area contributed by atoms with Crippen LogP contribution in [-0.4, -0.2) is 35.4 Å². The van der Waals surface area contributed by atoms with Crippen molar-refractivity contribution in [2.24, 2.45) is 5.73 Å². The number of halogens is 2. The van der Waals surface area contributed by atoms with Crippen molar-refractivity contribution < 1.29 is 4.79 Å². The molecular weight excluding hydrogens is 341 g/mol. The Labute approximate surface area is 147 Å². The van der Waals surface area contributed by atoms with Gasteiger partial charge in [-0.05, 0) is 18.9 Å². The first-order valence-corrected chi connectivity index (χ1v) is 7.53. The molecule has 0 saturated heterocycles. The summed E-state index contributed by atoms with van der Waals surface area (Å²) in [6, 6.07) is 10.2. The van der Waals surface area contributed by atoms with E-state index in [-0.39, 0.29) is 30.7 Å². The molecule has 0 saturated carbocycles. The molecule has 0 unspecified atom stereocenters.